The van der Waals surface area contributed by atoms with Crippen molar-refractivity contribution in [3.05, 3.63) is 124 Å². The molecule has 14 heteroatoms. The van der Waals surface area contributed by atoms with E-state index in [1.165, 1.54) is 12.7 Å². The van der Waals surface area contributed by atoms with Crippen molar-refractivity contribution in [3.8, 4) is 23.0 Å². The molecule has 3 heterocycles. The highest BCUT2D eigenvalue weighted by atomic mass is 31.0. The molecule has 2 amide bonds. The third-order valence-corrected chi connectivity index (χ3v) is 11.8. The number of carbonyl (C=O) groups excluding carboxylic acids is 3. The topological polar surface area (TPSA) is 143 Å². The molecule has 308 valence electrons. The molecule has 0 spiro atoms. The maximum Gasteiger partial charge on any atom is 0.260 e. The molecule has 0 saturated heterocycles. The van der Waals surface area contributed by atoms with E-state index in [1.807, 2.05) is 65.7 Å². The van der Waals surface area contributed by atoms with E-state index in [4.69, 9.17) is 23.9 Å². The van der Waals surface area contributed by atoms with E-state index in [1.54, 1.807) is 39.3 Å². The third-order valence-electron chi connectivity index (χ3n) is 11.2. The van der Waals surface area contributed by atoms with Gasteiger partial charge in [-0.2, -0.15) is 0 Å². The van der Waals surface area contributed by atoms with E-state index in [0.717, 1.165) is 47.2 Å². The molecule has 3 unspecified atom stereocenters. The minimum absolute atomic E-state index is 0.0111. The van der Waals surface area contributed by atoms with Crippen molar-refractivity contribution in [2.45, 2.75) is 51.1 Å². The number of aldehydes is 1. The lowest BCUT2D eigenvalue weighted by molar-refractivity contribution is -0.117. The van der Waals surface area contributed by atoms with Crippen LogP contribution in [-0.4, -0.2) is 70.3 Å². The smallest absolute Gasteiger partial charge is 0.260 e. The Morgan fingerprint density at radius 2 is 1.53 bits per heavy atom. The first kappa shape index (κ1) is 40.4. The normalized spacial score (nSPS) is 16.9. The summed E-state index contributed by atoms with van der Waals surface area (Å²) >= 11 is 0. The number of anilines is 4. The molecule has 0 aromatic heterocycles. The number of methoxy groups -OCH3 is 2. The summed E-state index contributed by atoms with van der Waals surface area (Å²) in [6, 6.07) is 28.2. The molecule has 0 bridgehead atoms. The lowest BCUT2D eigenvalue weighted by atomic mass is 10.1. The Hall–Kier alpha value is -6.43. The Morgan fingerprint density at radius 1 is 0.883 bits per heavy atom. The minimum Gasteiger partial charge on any atom is -0.493 e. The molecular weight excluding hydrogens is 780 g/mol. The van der Waals surface area contributed by atoms with Gasteiger partial charge in [-0.15, -0.1) is 0 Å². The first-order valence-corrected chi connectivity index (χ1v) is 20.3. The molecule has 4 atom stereocenters. The highest BCUT2D eigenvalue weighted by Gasteiger charge is 2.37. The maximum absolute atomic E-state index is 14.0. The number of ether oxygens (including phenoxy) is 4. The number of hydrogen-bond acceptors (Lipinski definition) is 11. The zero-order chi connectivity index (χ0) is 41.9. The quantitative estimate of drug-likeness (QED) is 0.0601. The first-order chi connectivity index (χ1) is 29.2. The minimum atomic E-state index is -0.440. The molecule has 0 radical (unpaired) electrons. The highest BCUT2D eigenvalue weighted by molar-refractivity contribution is 7.19. The fourth-order valence-electron chi connectivity index (χ4n) is 7.89. The van der Waals surface area contributed by atoms with E-state index in [0.29, 0.717) is 57.7 Å². The fraction of sp³-hybridized carbons (Fsp3) is 0.261. The van der Waals surface area contributed by atoms with E-state index < -0.39 is 6.04 Å². The van der Waals surface area contributed by atoms with Crippen molar-refractivity contribution in [3.63, 3.8) is 0 Å². The molecule has 5 aromatic carbocycles. The molecule has 60 heavy (non-hydrogen) atoms. The van der Waals surface area contributed by atoms with E-state index in [9.17, 15) is 14.4 Å². The van der Waals surface area contributed by atoms with Crippen molar-refractivity contribution in [1.29, 1.82) is 0 Å². The number of rotatable bonds is 14. The lowest BCUT2D eigenvalue weighted by Crippen LogP contribution is -2.39. The van der Waals surface area contributed by atoms with Crippen LogP contribution < -0.4 is 44.5 Å². The highest BCUT2D eigenvalue weighted by Crippen LogP contribution is 2.41. The molecule has 3 aliphatic rings. The van der Waals surface area contributed by atoms with Gasteiger partial charge in [0.05, 0.1) is 49.3 Å². The van der Waals surface area contributed by atoms with Gasteiger partial charge < -0.3 is 44.5 Å². The number of aliphatic imine (C=N–C) groups is 1. The summed E-state index contributed by atoms with van der Waals surface area (Å²) in [5.41, 5.74) is 8.43. The maximum atomic E-state index is 14.0. The summed E-state index contributed by atoms with van der Waals surface area (Å²) in [6.45, 7) is 2.55. The second-order valence-electron chi connectivity index (χ2n) is 15.0. The van der Waals surface area contributed by atoms with Gasteiger partial charge in [0.25, 0.3) is 5.91 Å². The summed E-state index contributed by atoms with van der Waals surface area (Å²) in [7, 11) is 7.54. The number of fused-ring (bicyclic) bond motifs is 5. The predicted molar refractivity (Wildman–Crippen MR) is 237 cm³/mol. The van der Waals surface area contributed by atoms with E-state index >= 15 is 0 Å². The zero-order valence-electron chi connectivity index (χ0n) is 33.9. The average Bonchev–Trinajstić information content (AvgIpc) is 3.77. The molecule has 5 aromatic rings. The van der Waals surface area contributed by atoms with Crippen LogP contribution in [0.25, 0.3) is 0 Å². The number of likely N-dealkylation sites (N-methyl/N-ethyl adjacent to an activating group) is 1. The Bertz CT molecular complexity index is 2490. The number of hydrogen-bond donors (Lipinski definition) is 3. The summed E-state index contributed by atoms with van der Waals surface area (Å²) < 4.78 is 26.2. The molecule has 0 fully saturated rings. The van der Waals surface area contributed by atoms with Gasteiger partial charge in [0, 0.05) is 53.9 Å². The van der Waals surface area contributed by atoms with Gasteiger partial charge in [0.1, 0.15) is 13.2 Å². The molecule has 13 nitrogen and oxygen atoms in total. The van der Waals surface area contributed by atoms with Gasteiger partial charge in [-0.25, -0.2) is 0 Å². The van der Waals surface area contributed by atoms with Crippen LogP contribution in [0, 0.1) is 0 Å². The van der Waals surface area contributed by atoms with Crippen molar-refractivity contribution in [1.82, 2.24) is 5.32 Å². The average molecular weight is 827 g/mol. The molecule has 3 aliphatic heterocycles. The lowest BCUT2D eigenvalue weighted by Gasteiger charge is -2.22. The summed E-state index contributed by atoms with van der Waals surface area (Å²) in [5, 5.41) is 9.44. The van der Waals surface area contributed by atoms with Crippen LogP contribution >= 0.6 is 9.39 Å². The van der Waals surface area contributed by atoms with E-state index in [-0.39, 0.29) is 37.1 Å². The largest absolute Gasteiger partial charge is 0.493 e. The van der Waals surface area contributed by atoms with Crippen molar-refractivity contribution in [2.24, 2.45) is 4.99 Å². The fourth-order valence-corrected chi connectivity index (χ4v) is 8.32. The van der Waals surface area contributed by atoms with Crippen LogP contribution in [-0.2, 0) is 30.8 Å². The predicted octanol–water partition coefficient (Wildman–Crippen LogP) is 7.14. The second-order valence-corrected chi connectivity index (χ2v) is 15.5. The van der Waals surface area contributed by atoms with E-state index in [2.05, 4.69) is 48.2 Å². The van der Waals surface area contributed by atoms with Crippen LogP contribution in [0.1, 0.15) is 49.9 Å². The first-order valence-electron chi connectivity index (χ1n) is 19.7. The van der Waals surface area contributed by atoms with Gasteiger partial charge >= 0.3 is 0 Å². The van der Waals surface area contributed by atoms with Crippen molar-refractivity contribution in [2.75, 3.05) is 48.0 Å². The van der Waals surface area contributed by atoms with Gasteiger partial charge in [-0.1, -0.05) is 36.4 Å². The Labute approximate surface area is 351 Å². The molecule has 8 rings (SSSR count). The number of para-hydroxylation sites is 2. The zero-order valence-corrected chi connectivity index (χ0v) is 35.0. The van der Waals surface area contributed by atoms with Crippen molar-refractivity contribution >= 4 is 62.1 Å². The third kappa shape index (κ3) is 8.10. The monoisotopic (exact) mass is 826 g/mol. The van der Waals surface area contributed by atoms with Crippen molar-refractivity contribution < 1.29 is 33.3 Å². The Kier molecular flexibility index (Phi) is 11.7. The number of benzene rings is 5. The summed E-state index contributed by atoms with van der Waals surface area (Å²) in [4.78, 5) is 45.8. The van der Waals surface area contributed by atoms with Crippen LogP contribution in [0.15, 0.2) is 96.0 Å². The second kappa shape index (κ2) is 17.4. The molecular formula is C46H47N6O7P. The van der Waals surface area contributed by atoms with Crippen LogP contribution in [0.5, 0.6) is 23.0 Å². The number of amides is 2. The number of carbonyl (C=O) groups is 3. The Morgan fingerprint density at radius 3 is 2.20 bits per heavy atom. The summed E-state index contributed by atoms with van der Waals surface area (Å²) in [6.07, 6.45) is 4.15. The molecule has 3 N–H and O–H groups in total. The van der Waals surface area contributed by atoms with Crippen LogP contribution in [0.4, 0.5) is 28.4 Å². The van der Waals surface area contributed by atoms with Gasteiger partial charge in [-0.05, 0) is 94.5 Å². The number of nitrogens with one attached hydrogen (secondary N) is 3. The van der Waals surface area contributed by atoms with Gasteiger partial charge in [0.2, 0.25) is 5.91 Å². The SMILES string of the molecule is CNC(C)C(=O)Nc1cc(COc2cc(N=C[C@@H]3Cc4ccccc4N3P)c(C=O)cc2OC)cc(COc2cc3c(cc2OC)C(=O)N2c4ccccc4CC2CN3)c1. The van der Waals surface area contributed by atoms with Crippen LogP contribution in [0.3, 0.4) is 0 Å². The number of nitrogens with zero attached hydrogens (tertiary/aromatic N) is 3. The molecule has 0 aliphatic carbocycles. The van der Waals surface area contributed by atoms with Gasteiger partial charge in [0.15, 0.2) is 29.3 Å². The standard InChI is InChI=1S/C46H47N6O7P/c1-27(47-2)45(54)50-33-14-28(25-58-43-20-37(32(24-53)18-41(43)56-3)48-23-35-17-31-10-6-8-12-40(31)52(35)60)13-29(15-33)26-59-44-21-38-36(19-42(44)57-4)46(55)51-34(22-49-38)16-30-9-5-7-11-39(30)51/h5-15,18-21,23-24,27,34-35,47,49H,16-17,22,25-26,60H2,1-4H3,(H,50,54)/t27?,34?,35-/m0/s1. The Balaban J connectivity index is 1.03. The summed E-state index contributed by atoms with van der Waals surface area (Å²) in [5.74, 6) is 1.33. The van der Waals surface area contributed by atoms with Crippen LogP contribution in [0.2, 0.25) is 0 Å². The molecule has 0 saturated carbocycles. The van der Waals surface area contributed by atoms with Gasteiger partial charge in [-0.3, -0.25) is 19.4 Å².